The van der Waals surface area contributed by atoms with Crippen LogP contribution in [0.3, 0.4) is 0 Å². The van der Waals surface area contributed by atoms with Gasteiger partial charge in [-0.25, -0.2) is 4.79 Å². The van der Waals surface area contributed by atoms with Crippen LogP contribution in [0.15, 0.2) is 24.3 Å². The Morgan fingerprint density at radius 2 is 1.53 bits per heavy atom. The third-order valence-corrected chi connectivity index (χ3v) is 5.11. The number of urea groups is 1. The number of carbonyl (C=O) groups excluding carboxylic acids is 5. The Labute approximate surface area is 174 Å². The molecule has 0 aliphatic carbocycles. The normalized spacial score (nSPS) is 16.6. The van der Waals surface area contributed by atoms with Crippen LogP contribution in [0.2, 0.25) is 0 Å². The van der Waals surface area contributed by atoms with Crippen molar-refractivity contribution in [1.82, 2.24) is 20.0 Å². The highest BCUT2D eigenvalue weighted by atomic mass is 16.2. The number of nitrogens with zero attached hydrogens (tertiary/aromatic N) is 3. The molecule has 0 spiro atoms. The van der Waals surface area contributed by atoms with E-state index in [1.807, 2.05) is 25.1 Å². The van der Waals surface area contributed by atoms with Crippen LogP contribution < -0.4 is 10.6 Å². The van der Waals surface area contributed by atoms with Gasteiger partial charge in [0, 0.05) is 44.7 Å². The zero-order valence-electron chi connectivity index (χ0n) is 16.8. The van der Waals surface area contributed by atoms with Gasteiger partial charge in [0.25, 0.3) is 0 Å². The van der Waals surface area contributed by atoms with E-state index >= 15 is 0 Å². The molecular weight excluding hydrogens is 390 g/mol. The highest BCUT2D eigenvalue weighted by molar-refractivity contribution is 6.04. The molecule has 160 valence electrons. The van der Waals surface area contributed by atoms with Crippen LogP contribution in [0.5, 0.6) is 0 Å². The molecule has 2 fully saturated rings. The van der Waals surface area contributed by atoms with Gasteiger partial charge in [0.1, 0.15) is 6.54 Å². The lowest BCUT2D eigenvalue weighted by atomic mass is 10.2. The molecule has 1 aromatic rings. The second kappa shape index (κ2) is 9.38. The molecule has 6 amide bonds. The lowest BCUT2D eigenvalue weighted by Crippen LogP contribution is -2.54. The number of amides is 6. The van der Waals surface area contributed by atoms with Gasteiger partial charge in [0.15, 0.2) is 0 Å². The van der Waals surface area contributed by atoms with E-state index in [9.17, 15) is 24.0 Å². The number of benzene rings is 1. The predicted octanol–water partition coefficient (Wildman–Crippen LogP) is -0.0637. The highest BCUT2D eigenvalue weighted by Gasteiger charge is 2.33. The first kappa shape index (κ1) is 21.3. The monoisotopic (exact) mass is 415 g/mol. The van der Waals surface area contributed by atoms with Gasteiger partial charge in [-0.3, -0.25) is 24.1 Å². The van der Waals surface area contributed by atoms with Gasteiger partial charge < -0.3 is 20.4 Å². The van der Waals surface area contributed by atoms with Crippen molar-refractivity contribution in [1.29, 1.82) is 0 Å². The smallest absolute Gasteiger partial charge is 0.319 e. The summed E-state index contributed by atoms with van der Waals surface area (Å²) in [6.07, 6.45) is 0.303. The fraction of sp³-hybridized carbons (Fsp3) is 0.450. The maximum atomic E-state index is 12.3. The molecule has 2 aliphatic heterocycles. The van der Waals surface area contributed by atoms with Crippen LogP contribution in [0, 0.1) is 6.92 Å². The fourth-order valence-electron chi connectivity index (χ4n) is 3.41. The van der Waals surface area contributed by atoms with Gasteiger partial charge in [0.05, 0.1) is 6.54 Å². The number of piperazine rings is 1. The maximum Gasteiger partial charge on any atom is 0.319 e. The number of hydrogen-bond donors (Lipinski definition) is 2. The number of nitrogens with one attached hydrogen (secondary N) is 2. The summed E-state index contributed by atoms with van der Waals surface area (Å²) in [5.74, 6) is -1.19. The Bertz CT molecular complexity index is 847. The number of hydrogen-bond acceptors (Lipinski definition) is 5. The van der Waals surface area contributed by atoms with Crippen LogP contribution in [-0.2, 0) is 19.2 Å². The second-order valence-electron chi connectivity index (χ2n) is 7.31. The molecule has 1 aromatic carbocycles. The lowest BCUT2D eigenvalue weighted by Gasteiger charge is -2.35. The molecule has 3 rings (SSSR count). The Morgan fingerprint density at radius 1 is 0.933 bits per heavy atom. The molecule has 0 atom stereocenters. The average molecular weight is 415 g/mol. The van der Waals surface area contributed by atoms with E-state index in [1.165, 1.54) is 0 Å². The van der Waals surface area contributed by atoms with Gasteiger partial charge in [-0.2, -0.15) is 0 Å². The molecule has 2 aliphatic rings. The van der Waals surface area contributed by atoms with E-state index in [1.54, 1.807) is 15.9 Å². The molecule has 0 saturated carbocycles. The minimum Gasteiger partial charge on any atom is -0.338 e. The number of anilines is 1. The van der Waals surface area contributed by atoms with Crippen molar-refractivity contribution in [3.63, 3.8) is 0 Å². The average Bonchev–Trinajstić information content (AvgIpc) is 3.04. The third-order valence-electron chi connectivity index (χ3n) is 5.11. The number of carbonyl (C=O) groups is 5. The van der Waals surface area contributed by atoms with Crippen LogP contribution in [0.25, 0.3) is 0 Å². The summed E-state index contributed by atoms with van der Waals surface area (Å²) in [7, 11) is 0. The Hall–Kier alpha value is -3.43. The topological polar surface area (TPSA) is 119 Å². The van der Waals surface area contributed by atoms with Gasteiger partial charge in [-0.1, -0.05) is 12.1 Å². The van der Waals surface area contributed by atoms with E-state index < -0.39 is 6.03 Å². The molecule has 2 N–H and O–H groups in total. The van der Waals surface area contributed by atoms with Gasteiger partial charge in [0.2, 0.25) is 23.6 Å². The minimum atomic E-state index is -0.470. The van der Waals surface area contributed by atoms with Crippen molar-refractivity contribution in [2.75, 3.05) is 44.6 Å². The zero-order chi connectivity index (χ0) is 21.7. The van der Waals surface area contributed by atoms with Crippen LogP contribution >= 0.6 is 0 Å². The van der Waals surface area contributed by atoms with Crippen molar-refractivity contribution in [2.45, 2.75) is 19.8 Å². The van der Waals surface area contributed by atoms with Crippen molar-refractivity contribution in [2.24, 2.45) is 0 Å². The molecule has 10 heteroatoms. The number of likely N-dealkylation sites (tertiary alicyclic amines) is 1. The minimum absolute atomic E-state index is 0.150. The molecule has 0 bridgehead atoms. The Morgan fingerprint density at radius 3 is 2.13 bits per heavy atom. The highest BCUT2D eigenvalue weighted by Crippen LogP contribution is 2.13. The molecule has 30 heavy (non-hydrogen) atoms. The summed E-state index contributed by atoms with van der Waals surface area (Å²) in [4.78, 5) is 64.0. The largest absolute Gasteiger partial charge is 0.338 e. The van der Waals surface area contributed by atoms with Gasteiger partial charge >= 0.3 is 6.03 Å². The number of imide groups is 1. The van der Waals surface area contributed by atoms with Crippen LogP contribution in [0.4, 0.5) is 10.5 Å². The van der Waals surface area contributed by atoms with E-state index in [0.29, 0.717) is 31.9 Å². The van der Waals surface area contributed by atoms with E-state index in [0.717, 1.165) is 10.5 Å². The van der Waals surface area contributed by atoms with Gasteiger partial charge in [-0.15, -0.1) is 0 Å². The molecular formula is C20H25N5O5. The van der Waals surface area contributed by atoms with Crippen LogP contribution in [-0.4, -0.2) is 83.6 Å². The summed E-state index contributed by atoms with van der Waals surface area (Å²) in [5, 5.41) is 5.21. The number of rotatable bonds is 5. The van der Waals surface area contributed by atoms with Crippen LogP contribution in [0.1, 0.15) is 18.4 Å². The summed E-state index contributed by atoms with van der Waals surface area (Å²) >= 11 is 0. The SMILES string of the molecule is Cc1cccc(NC(=O)NCC(=O)N2CCN(C(=O)CN3C(=O)CCC3=O)CC2)c1. The van der Waals surface area contributed by atoms with E-state index in [4.69, 9.17) is 0 Å². The standard InChI is InChI=1S/C20H25N5O5/c1-14-3-2-4-15(11-14)22-20(30)21-12-18(28)23-7-9-24(10-8-23)19(29)13-25-16(26)5-6-17(25)27/h2-4,11H,5-10,12-13H2,1H3,(H2,21,22,30). The van der Waals surface area contributed by atoms with Crippen molar-refractivity contribution < 1.29 is 24.0 Å². The predicted molar refractivity (Wildman–Crippen MR) is 107 cm³/mol. The Balaban J connectivity index is 1.39. The third kappa shape index (κ3) is 5.34. The first-order valence-corrected chi connectivity index (χ1v) is 9.84. The summed E-state index contributed by atoms with van der Waals surface area (Å²) in [5.41, 5.74) is 1.65. The second-order valence-corrected chi connectivity index (χ2v) is 7.31. The Kier molecular flexibility index (Phi) is 6.65. The molecule has 2 saturated heterocycles. The van der Waals surface area contributed by atoms with E-state index in [-0.39, 0.29) is 49.6 Å². The maximum absolute atomic E-state index is 12.3. The van der Waals surface area contributed by atoms with Crippen molar-refractivity contribution >= 4 is 35.3 Å². The number of aryl methyl sites for hydroxylation is 1. The molecule has 2 heterocycles. The quantitative estimate of drug-likeness (QED) is 0.653. The molecule has 0 radical (unpaired) electrons. The summed E-state index contributed by atoms with van der Waals surface area (Å²) < 4.78 is 0. The zero-order valence-corrected chi connectivity index (χ0v) is 16.8. The molecule has 0 aromatic heterocycles. The van der Waals surface area contributed by atoms with Crippen molar-refractivity contribution in [3.05, 3.63) is 29.8 Å². The van der Waals surface area contributed by atoms with Crippen molar-refractivity contribution in [3.8, 4) is 0 Å². The lowest BCUT2D eigenvalue weighted by molar-refractivity contribution is -0.146. The molecule has 0 unspecified atom stereocenters. The van der Waals surface area contributed by atoms with Gasteiger partial charge in [-0.05, 0) is 24.6 Å². The first-order valence-electron chi connectivity index (χ1n) is 9.84. The fourth-order valence-corrected chi connectivity index (χ4v) is 3.41. The first-order chi connectivity index (χ1) is 14.3. The van der Waals surface area contributed by atoms with E-state index in [2.05, 4.69) is 10.6 Å². The summed E-state index contributed by atoms with van der Waals surface area (Å²) in [6.45, 7) is 2.81. The molecule has 10 nitrogen and oxygen atoms in total. The summed E-state index contributed by atoms with van der Waals surface area (Å²) in [6, 6.07) is 6.85.